The van der Waals surface area contributed by atoms with Crippen molar-refractivity contribution in [1.29, 1.82) is 0 Å². The number of nitrogens with zero attached hydrogens (tertiary/aromatic N) is 6. The van der Waals surface area contributed by atoms with E-state index in [4.69, 9.17) is 11.6 Å². The lowest BCUT2D eigenvalue weighted by atomic mass is 9.73. The third kappa shape index (κ3) is 6.54. The van der Waals surface area contributed by atoms with Crippen LogP contribution in [0.25, 0.3) is 17.2 Å². The number of anilines is 1. The van der Waals surface area contributed by atoms with Gasteiger partial charge in [-0.15, -0.1) is 5.10 Å². The van der Waals surface area contributed by atoms with Gasteiger partial charge in [-0.1, -0.05) is 18.5 Å². The number of amides is 1. The van der Waals surface area contributed by atoms with Crippen molar-refractivity contribution in [2.24, 2.45) is 0 Å². The molecule has 1 fully saturated rings. The van der Waals surface area contributed by atoms with E-state index in [9.17, 15) is 36.3 Å². The van der Waals surface area contributed by atoms with E-state index in [0.717, 1.165) is 29.0 Å². The molecule has 5 aromatic rings. The van der Waals surface area contributed by atoms with Gasteiger partial charge in [0.25, 0.3) is 5.56 Å². The van der Waals surface area contributed by atoms with Gasteiger partial charge in [0.2, 0.25) is 11.7 Å². The summed E-state index contributed by atoms with van der Waals surface area (Å²) in [7, 11) is -3.47. The Labute approximate surface area is 300 Å². The normalized spacial score (nSPS) is 17.5. The molecule has 2 aliphatic rings. The maximum absolute atomic E-state index is 14.5. The molecule has 12 nitrogen and oxygen atoms in total. The highest BCUT2D eigenvalue weighted by Gasteiger charge is 2.48. The number of hydrogen-bond acceptors (Lipinski definition) is 9. The summed E-state index contributed by atoms with van der Waals surface area (Å²) >= 11 is 6.15. The SMILES string of the molecule is C[C@@H]1CC2(CCN(Cc3ncccc3O)CC2)c2c1n(CC(=O)Nc1ccc(C(F)(F)F)cc1Cl)c1nc(-c3ccc(S(C)(=O)=O)cc3)nn1c2=O. The van der Waals surface area contributed by atoms with Crippen molar-refractivity contribution >= 4 is 38.8 Å². The molecule has 1 amide bonds. The quantitative estimate of drug-likeness (QED) is 0.222. The van der Waals surface area contributed by atoms with Crippen LogP contribution in [-0.4, -0.2) is 67.8 Å². The number of likely N-dealkylation sites (tertiary alicyclic amines) is 1. The lowest BCUT2D eigenvalue weighted by Gasteiger charge is -2.39. The first-order valence-electron chi connectivity index (χ1n) is 16.4. The second kappa shape index (κ2) is 13.0. The standard InChI is InChI=1S/C35H33ClF3N7O5S/c1-20-17-34(11-14-44(15-12-34)18-26-27(47)4-3-13-40-26)29-30(20)45(19-28(48)41-25-10-7-22(16-24(25)36)35(37,38)39)33-42-31(43-46(33)32(29)49)21-5-8-23(9-6-21)52(2,50)51/h3-10,13,16,20,47H,11-12,14-15,17-19H2,1-2H3,(H,41,48)/t20-/m1/s1. The smallest absolute Gasteiger partial charge is 0.416 e. The largest absolute Gasteiger partial charge is 0.506 e. The summed E-state index contributed by atoms with van der Waals surface area (Å²) in [5.74, 6) is -0.485. The van der Waals surface area contributed by atoms with Gasteiger partial charge >= 0.3 is 6.18 Å². The van der Waals surface area contributed by atoms with E-state index in [1.54, 1.807) is 22.9 Å². The van der Waals surface area contributed by atoms with Crippen LogP contribution in [0.4, 0.5) is 18.9 Å². The van der Waals surface area contributed by atoms with Gasteiger partial charge in [0.15, 0.2) is 15.7 Å². The molecule has 4 heterocycles. The fourth-order valence-electron chi connectivity index (χ4n) is 7.48. The number of fused-ring (bicyclic) bond motifs is 3. The first-order chi connectivity index (χ1) is 24.5. The van der Waals surface area contributed by atoms with Crippen molar-refractivity contribution in [3.05, 3.63) is 98.7 Å². The van der Waals surface area contributed by atoms with Crippen LogP contribution in [0.2, 0.25) is 5.02 Å². The number of benzene rings is 2. The van der Waals surface area contributed by atoms with Crippen LogP contribution in [0.3, 0.4) is 0 Å². The summed E-state index contributed by atoms with van der Waals surface area (Å²) in [6, 6.07) is 11.8. The Morgan fingerprint density at radius 2 is 1.83 bits per heavy atom. The number of alkyl halides is 3. The molecule has 1 spiro atoms. The van der Waals surface area contributed by atoms with Gasteiger partial charge in [-0.05, 0) is 92.9 Å². The maximum atomic E-state index is 14.5. The van der Waals surface area contributed by atoms with E-state index in [1.165, 1.54) is 24.3 Å². The molecule has 0 saturated carbocycles. The van der Waals surface area contributed by atoms with Crippen molar-refractivity contribution in [2.75, 3.05) is 24.7 Å². The molecular formula is C35H33ClF3N7O5S. The Balaban J connectivity index is 1.28. The number of piperidine rings is 1. The zero-order valence-corrected chi connectivity index (χ0v) is 29.6. The molecule has 17 heteroatoms. The summed E-state index contributed by atoms with van der Waals surface area (Å²) < 4.78 is 66.6. The molecule has 52 heavy (non-hydrogen) atoms. The number of rotatable bonds is 7. The Bertz CT molecular complexity index is 2390. The Morgan fingerprint density at radius 1 is 1.12 bits per heavy atom. The lowest BCUT2D eigenvalue weighted by Crippen LogP contribution is -2.44. The minimum Gasteiger partial charge on any atom is -0.506 e. The molecule has 1 aliphatic carbocycles. The molecule has 2 aromatic carbocycles. The van der Waals surface area contributed by atoms with Crippen LogP contribution in [0, 0.1) is 0 Å². The molecule has 1 aliphatic heterocycles. The number of carbonyl (C=O) groups excluding carboxylic acids is 1. The minimum absolute atomic E-state index is 0.0164. The van der Waals surface area contributed by atoms with Gasteiger partial charge in [0.1, 0.15) is 12.3 Å². The average molecular weight is 756 g/mol. The van der Waals surface area contributed by atoms with Crippen LogP contribution >= 0.6 is 11.6 Å². The number of nitrogens with one attached hydrogen (secondary N) is 1. The number of pyridine rings is 1. The van der Waals surface area contributed by atoms with E-state index < -0.39 is 32.9 Å². The summed E-state index contributed by atoms with van der Waals surface area (Å²) in [4.78, 5) is 39.3. The number of hydrogen-bond donors (Lipinski definition) is 2. The van der Waals surface area contributed by atoms with E-state index in [1.807, 2.05) is 6.92 Å². The fourth-order valence-corrected chi connectivity index (χ4v) is 8.34. The first kappa shape index (κ1) is 35.6. The second-order valence-corrected chi connectivity index (χ2v) is 15.9. The molecule has 1 atom stereocenters. The molecule has 3 aromatic heterocycles. The van der Waals surface area contributed by atoms with Crippen molar-refractivity contribution in [3.8, 4) is 17.1 Å². The average Bonchev–Trinajstić information content (AvgIpc) is 3.65. The molecule has 1 saturated heterocycles. The van der Waals surface area contributed by atoms with Gasteiger partial charge in [0, 0.05) is 41.2 Å². The highest BCUT2D eigenvalue weighted by atomic mass is 35.5. The predicted molar refractivity (Wildman–Crippen MR) is 186 cm³/mol. The van der Waals surface area contributed by atoms with Crippen LogP contribution in [0.5, 0.6) is 5.75 Å². The molecular weight excluding hydrogens is 723 g/mol. The fraction of sp³-hybridized carbons (Fsp3) is 0.343. The third-order valence-electron chi connectivity index (χ3n) is 9.94. The van der Waals surface area contributed by atoms with Crippen molar-refractivity contribution in [3.63, 3.8) is 0 Å². The lowest BCUT2D eigenvalue weighted by molar-refractivity contribution is -0.137. The Hall–Kier alpha value is -4.80. The molecule has 2 N–H and O–H groups in total. The summed E-state index contributed by atoms with van der Waals surface area (Å²) in [5, 5.41) is 17.1. The number of sulfone groups is 1. The van der Waals surface area contributed by atoms with Gasteiger partial charge in [-0.25, -0.2) is 8.42 Å². The van der Waals surface area contributed by atoms with E-state index >= 15 is 0 Å². The summed E-state index contributed by atoms with van der Waals surface area (Å²) in [6.45, 7) is 3.28. The van der Waals surface area contributed by atoms with Crippen molar-refractivity contribution in [1.82, 2.24) is 29.0 Å². The third-order valence-corrected chi connectivity index (χ3v) is 11.4. The van der Waals surface area contributed by atoms with Gasteiger partial charge in [0.05, 0.1) is 26.9 Å². The van der Waals surface area contributed by atoms with E-state index in [-0.39, 0.29) is 51.0 Å². The van der Waals surface area contributed by atoms with Gasteiger partial charge in [-0.2, -0.15) is 22.7 Å². The summed E-state index contributed by atoms with van der Waals surface area (Å²) in [6.07, 6.45) is -0.0583. The van der Waals surface area contributed by atoms with Crippen LogP contribution in [-0.2, 0) is 39.3 Å². The van der Waals surface area contributed by atoms with Crippen LogP contribution in [0.15, 0.2) is 70.5 Å². The van der Waals surface area contributed by atoms with Gasteiger partial charge < -0.3 is 15.0 Å². The van der Waals surface area contributed by atoms with Crippen LogP contribution < -0.4 is 10.9 Å². The number of carbonyl (C=O) groups is 1. The molecule has 0 radical (unpaired) electrons. The second-order valence-electron chi connectivity index (χ2n) is 13.5. The Morgan fingerprint density at radius 3 is 2.46 bits per heavy atom. The summed E-state index contributed by atoms with van der Waals surface area (Å²) in [5.41, 5.74) is 0.236. The van der Waals surface area contributed by atoms with Crippen LogP contribution in [0.1, 0.15) is 54.6 Å². The molecule has 7 rings (SSSR count). The molecule has 0 unspecified atom stereocenters. The van der Waals surface area contributed by atoms with Crippen molar-refractivity contribution in [2.45, 2.75) is 61.7 Å². The van der Waals surface area contributed by atoms with Gasteiger partial charge in [-0.3, -0.25) is 19.5 Å². The predicted octanol–water partition coefficient (Wildman–Crippen LogP) is 5.41. The van der Waals surface area contributed by atoms with Crippen molar-refractivity contribution < 1.29 is 31.5 Å². The first-order valence-corrected chi connectivity index (χ1v) is 18.7. The van der Waals surface area contributed by atoms with E-state index in [2.05, 4.69) is 25.3 Å². The zero-order chi connectivity index (χ0) is 37.2. The molecule has 272 valence electrons. The zero-order valence-electron chi connectivity index (χ0n) is 28.0. The minimum atomic E-state index is -4.62. The Kier molecular flexibility index (Phi) is 8.90. The highest BCUT2D eigenvalue weighted by Crippen LogP contribution is 2.50. The number of aromatic hydroxyl groups is 1. The monoisotopic (exact) mass is 755 g/mol. The number of halogens is 4. The number of aromatic nitrogens is 5. The maximum Gasteiger partial charge on any atom is 0.416 e. The highest BCUT2D eigenvalue weighted by molar-refractivity contribution is 7.90. The topological polar surface area (TPSA) is 152 Å². The molecule has 0 bridgehead atoms. The van der Waals surface area contributed by atoms with E-state index in [0.29, 0.717) is 61.4 Å².